The molecule has 0 bridgehead atoms. The largest absolute Gasteiger partial charge is 0.486 e. The fourth-order valence-corrected chi connectivity index (χ4v) is 2.64. The van der Waals surface area contributed by atoms with Gasteiger partial charge in [0.1, 0.15) is 16.2 Å². The molecule has 0 unspecified atom stereocenters. The van der Waals surface area contributed by atoms with Gasteiger partial charge in [0.15, 0.2) is 0 Å². The average molecular weight is 273 g/mol. The highest BCUT2D eigenvalue weighted by Crippen LogP contribution is 2.41. The molecule has 1 aromatic carbocycles. The van der Waals surface area contributed by atoms with Crippen LogP contribution < -0.4 is 4.74 Å². The number of nitro groups is 1. The molecule has 98 valence electrons. The summed E-state index contributed by atoms with van der Waals surface area (Å²) in [4.78, 5) is 9.46. The zero-order chi connectivity index (χ0) is 13.7. The van der Waals surface area contributed by atoms with Crippen molar-refractivity contribution in [1.82, 2.24) is 0 Å². The van der Waals surface area contributed by atoms with Crippen molar-refractivity contribution in [3.05, 3.63) is 27.8 Å². The third kappa shape index (κ3) is 2.16. The minimum atomic E-state index is -4.56. The molecule has 1 heterocycles. The van der Waals surface area contributed by atoms with Crippen LogP contribution in [0.4, 0.5) is 5.69 Å². The quantitative estimate of drug-likeness (QED) is 0.497. The summed E-state index contributed by atoms with van der Waals surface area (Å²) in [6.07, 6.45) is 0.340. The van der Waals surface area contributed by atoms with Gasteiger partial charge in [-0.2, -0.15) is 8.42 Å². The molecule has 1 aliphatic rings. The predicted molar refractivity (Wildman–Crippen MR) is 61.3 cm³/mol. The standard InChI is InChI=1S/C10H11NO6S/c1-10(2)5-6-3-7(11(12)13)4-8(9(6)17-10)18(14,15)16/h3-4H,5H2,1-2H3,(H,14,15,16). The zero-order valence-electron chi connectivity index (χ0n) is 9.71. The summed E-state index contributed by atoms with van der Waals surface area (Å²) in [5.41, 5.74) is -0.638. The average Bonchev–Trinajstić information content (AvgIpc) is 2.47. The van der Waals surface area contributed by atoms with Crippen molar-refractivity contribution in [3.63, 3.8) is 0 Å². The number of non-ortho nitro benzene ring substituents is 1. The SMILES string of the molecule is CC1(C)Cc2cc([N+](=O)[O-])cc(S(=O)(=O)O)c2O1. The Bertz CT molecular complexity index is 634. The lowest BCUT2D eigenvalue weighted by molar-refractivity contribution is -0.385. The molecule has 0 saturated heterocycles. The van der Waals surface area contributed by atoms with Crippen molar-refractivity contribution >= 4 is 15.8 Å². The predicted octanol–water partition coefficient (Wildman–Crippen LogP) is 1.56. The van der Waals surface area contributed by atoms with Gasteiger partial charge >= 0.3 is 0 Å². The fraction of sp³-hybridized carbons (Fsp3) is 0.400. The summed E-state index contributed by atoms with van der Waals surface area (Å²) in [7, 11) is -4.56. The summed E-state index contributed by atoms with van der Waals surface area (Å²) in [6, 6.07) is 2.06. The van der Waals surface area contributed by atoms with Crippen LogP contribution in [0.25, 0.3) is 0 Å². The Hall–Kier alpha value is -1.67. The minimum absolute atomic E-state index is 0.00639. The normalized spacial score (nSPS) is 17.1. The van der Waals surface area contributed by atoms with Gasteiger partial charge < -0.3 is 4.74 Å². The van der Waals surface area contributed by atoms with E-state index >= 15 is 0 Å². The second-order valence-corrected chi connectivity index (χ2v) is 6.09. The van der Waals surface area contributed by atoms with Gasteiger partial charge in [-0.1, -0.05) is 0 Å². The molecule has 1 N–H and O–H groups in total. The van der Waals surface area contributed by atoms with E-state index in [0.717, 1.165) is 6.07 Å². The van der Waals surface area contributed by atoms with Gasteiger partial charge in [-0.15, -0.1) is 0 Å². The lowest BCUT2D eigenvalue weighted by atomic mass is 10.0. The Morgan fingerprint density at radius 1 is 1.44 bits per heavy atom. The van der Waals surface area contributed by atoms with Crippen molar-refractivity contribution in [1.29, 1.82) is 0 Å². The number of ether oxygens (including phenoxy) is 1. The summed E-state index contributed by atoms with van der Waals surface area (Å²) in [6.45, 7) is 3.46. The van der Waals surface area contributed by atoms with E-state index in [0.29, 0.717) is 12.0 Å². The first-order valence-electron chi connectivity index (χ1n) is 5.08. The molecule has 0 aromatic heterocycles. The maximum Gasteiger partial charge on any atom is 0.298 e. The van der Waals surface area contributed by atoms with Gasteiger partial charge in [0, 0.05) is 24.1 Å². The van der Waals surface area contributed by atoms with E-state index in [4.69, 9.17) is 9.29 Å². The Kier molecular flexibility index (Phi) is 2.60. The maximum atomic E-state index is 11.2. The first-order valence-corrected chi connectivity index (χ1v) is 6.52. The van der Waals surface area contributed by atoms with Crippen LogP contribution in [0.1, 0.15) is 19.4 Å². The van der Waals surface area contributed by atoms with Crippen LogP contribution >= 0.6 is 0 Å². The van der Waals surface area contributed by atoms with Crippen LogP contribution in [0.2, 0.25) is 0 Å². The second kappa shape index (κ2) is 3.66. The first kappa shape index (κ1) is 12.8. The molecule has 0 fully saturated rings. The molecule has 0 saturated carbocycles. The van der Waals surface area contributed by atoms with Crippen molar-refractivity contribution in [2.24, 2.45) is 0 Å². The smallest absolute Gasteiger partial charge is 0.298 e. The van der Waals surface area contributed by atoms with Crippen molar-refractivity contribution in [3.8, 4) is 5.75 Å². The summed E-state index contributed by atoms with van der Waals surface area (Å²) in [5, 5.41) is 10.7. The monoisotopic (exact) mass is 273 g/mol. The van der Waals surface area contributed by atoms with Crippen LogP contribution in [-0.4, -0.2) is 23.5 Å². The van der Waals surface area contributed by atoms with Crippen molar-refractivity contribution < 1.29 is 22.6 Å². The highest BCUT2D eigenvalue weighted by molar-refractivity contribution is 7.86. The Labute approximate surface area is 103 Å². The van der Waals surface area contributed by atoms with Crippen LogP contribution in [0, 0.1) is 10.1 Å². The molecule has 0 aliphatic carbocycles. The molecule has 7 nitrogen and oxygen atoms in total. The van der Waals surface area contributed by atoms with E-state index in [1.807, 2.05) is 0 Å². The lowest BCUT2D eigenvalue weighted by Crippen LogP contribution is -2.25. The third-order valence-electron chi connectivity index (χ3n) is 2.60. The number of rotatable bonds is 2. The number of nitrogens with zero attached hydrogens (tertiary/aromatic N) is 1. The number of fused-ring (bicyclic) bond motifs is 1. The van der Waals surface area contributed by atoms with Crippen LogP contribution in [0.3, 0.4) is 0 Å². The number of benzene rings is 1. The summed E-state index contributed by atoms with van der Waals surface area (Å²) >= 11 is 0. The molecule has 0 atom stereocenters. The van der Waals surface area contributed by atoms with Crippen LogP contribution in [-0.2, 0) is 16.5 Å². The highest BCUT2D eigenvalue weighted by Gasteiger charge is 2.36. The maximum absolute atomic E-state index is 11.2. The third-order valence-corrected chi connectivity index (χ3v) is 3.46. The molecule has 2 rings (SSSR count). The van der Waals surface area contributed by atoms with Gasteiger partial charge in [0.2, 0.25) is 0 Å². The molecular weight excluding hydrogens is 262 g/mol. The Balaban J connectivity index is 2.72. The number of hydrogen-bond donors (Lipinski definition) is 1. The molecule has 0 spiro atoms. The Morgan fingerprint density at radius 2 is 2.06 bits per heavy atom. The number of nitro benzene ring substituents is 1. The lowest BCUT2D eigenvalue weighted by Gasteiger charge is -2.17. The van der Waals surface area contributed by atoms with Crippen molar-refractivity contribution in [2.75, 3.05) is 0 Å². The second-order valence-electron chi connectivity index (χ2n) is 4.70. The molecule has 8 heteroatoms. The van der Waals surface area contributed by atoms with E-state index < -0.39 is 25.5 Å². The number of hydrogen-bond acceptors (Lipinski definition) is 5. The molecular formula is C10H11NO6S. The first-order chi connectivity index (χ1) is 8.10. The van der Waals surface area contributed by atoms with Gasteiger partial charge in [-0.25, -0.2) is 0 Å². The topological polar surface area (TPSA) is 107 Å². The fourth-order valence-electron chi connectivity index (χ4n) is 1.96. The molecule has 18 heavy (non-hydrogen) atoms. The van der Waals surface area contributed by atoms with Crippen LogP contribution in [0.15, 0.2) is 17.0 Å². The molecule has 1 aromatic rings. The van der Waals surface area contributed by atoms with E-state index in [1.54, 1.807) is 13.8 Å². The Morgan fingerprint density at radius 3 is 2.56 bits per heavy atom. The van der Waals surface area contributed by atoms with E-state index in [1.165, 1.54) is 6.07 Å². The van der Waals surface area contributed by atoms with E-state index in [-0.39, 0.29) is 11.4 Å². The van der Waals surface area contributed by atoms with Gasteiger partial charge in [-0.3, -0.25) is 14.7 Å². The molecule has 0 radical (unpaired) electrons. The van der Waals surface area contributed by atoms with E-state index in [2.05, 4.69) is 0 Å². The van der Waals surface area contributed by atoms with Crippen molar-refractivity contribution in [2.45, 2.75) is 30.8 Å². The molecule has 0 amide bonds. The summed E-state index contributed by atoms with van der Waals surface area (Å²) < 4.78 is 37.0. The van der Waals surface area contributed by atoms with E-state index in [9.17, 15) is 18.5 Å². The van der Waals surface area contributed by atoms with Gasteiger partial charge in [-0.05, 0) is 13.8 Å². The molecule has 1 aliphatic heterocycles. The zero-order valence-corrected chi connectivity index (χ0v) is 10.5. The van der Waals surface area contributed by atoms with Crippen LogP contribution in [0.5, 0.6) is 5.75 Å². The highest BCUT2D eigenvalue weighted by atomic mass is 32.2. The minimum Gasteiger partial charge on any atom is -0.486 e. The van der Waals surface area contributed by atoms with Gasteiger partial charge in [0.25, 0.3) is 15.8 Å². The van der Waals surface area contributed by atoms with Gasteiger partial charge in [0.05, 0.1) is 4.92 Å². The summed E-state index contributed by atoms with van der Waals surface area (Å²) in [5.74, 6) is -0.00639.